The number of ether oxygens (including phenoxy) is 1. The van der Waals surface area contributed by atoms with Crippen LogP contribution in [0.2, 0.25) is 5.15 Å². The van der Waals surface area contributed by atoms with Gasteiger partial charge in [-0.25, -0.2) is 14.2 Å². The number of carbonyl (C=O) groups is 1. The topological polar surface area (TPSA) is 91.7 Å². The summed E-state index contributed by atoms with van der Waals surface area (Å²) in [5.74, 6) is -0.726. The van der Waals surface area contributed by atoms with Gasteiger partial charge < -0.3 is 20.3 Å². The second-order valence-corrected chi connectivity index (χ2v) is 7.94. The fraction of sp³-hybridized carbons (Fsp3) is 0.250. The van der Waals surface area contributed by atoms with Gasteiger partial charge in [0, 0.05) is 18.0 Å². The fourth-order valence-corrected chi connectivity index (χ4v) is 4.20. The molecule has 6 nitrogen and oxygen atoms in total. The van der Waals surface area contributed by atoms with E-state index >= 15 is 0 Å². The van der Waals surface area contributed by atoms with Crippen LogP contribution in [0.5, 0.6) is 0 Å². The number of amides is 1. The molecule has 2 atom stereocenters. The summed E-state index contributed by atoms with van der Waals surface area (Å²) in [5, 5.41) is 22.8. The Morgan fingerprint density at radius 3 is 2.41 bits per heavy atom. The molecule has 0 saturated carbocycles. The van der Waals surface area contributed by atoms with Crippen LogP contribution in [0.1, 0.15) is 35.1 Å². The molecule has 0 aliphatic heterocycles. The molecule has 0 radical (unpaired) electrons. The number of carbonyl (C=O) groups excluding carboxylic acids is 1. The molecular formula is C24H22ClFN2O4. The zero-order valence-corrected chi connectivity index (χ0v) is 17.8. The fourth-order valence-electron chi connectivity index (χ4n) is 3.98. The molecule has 2 unspecified atom stereocenters. The lowest BCUT2D eigenvalue weighted by Crippen LogP contribution is -2.30. The molecule has 1 aromatic heterocycles. The highest BCUT2D eigenvalue weighted by atomic mass is 35.5. The summed E-state index contributed by atoms with van der Waals surface area (Å²) in [5.41, 5.74) is 4.49. The van der Waals surface area contributed by atoms with Crippen molar-refractivity contribution in [1.82, 2.24) is 10.3 Å². The van der Waals surface area contributed by atoms with E-state index in [1.165, 1.54) is 0 Å². The monoisotopic (exact) mass is 456 g/mol. The normalized spacial score (nSPS) is 14.4. The van der Waals surface area contributed by atoms with Gasteiger partial charge in [0.05, 0.1) is 12.3 Å². The molecule has 32 heavy (non-hydrogen) atoms. The molecule has 3 N–H and O–H groups in total. The molecule has 166 valence electrons. The van der Waals surface area contributed by atoms with E-state index in [4.69, 9.17) is 16.3 Å². The number of hydrogen-bond acceptors (Lipinski definition) is 5. The molecule has 4 rings (SSSR count). The summed E-state index contributed by atoms with van der Waals surface area (Å²) < 4.78 is 18.8. The van der Waals surface area contributed by atoms with E-state index in [1.54, 1.807) is 0 Å². The third-order valence-electron chi connectivity index (χ3n) is 5.57. The van der Waals surface area contributed by atoms with Crippen molar-refractivity contribution in [2.45, 2.75) is 24.5 Å². The van der Waals surface area contributed by atoms with Crippen molar-refractivity contribution in [2.75, 3.05) is 13.2 Å². The summed E-state index contributed by atoms with van der Waals surface area (Å²) in [6.07, 6.45) is -2.40. The van der Waals surface area contributed by atoms with Gasteiger partial charge in [-0.3, -0.25) is 0 Å². The third-order valence-corrected chi connectivity index (χ3v) is 5.88. The molecular weight excluding hydrogens is 435 g/mol. The van der Waals surface area contributed by atoms with E-state index in [2.05, 4.69) is 22.4 Å². The lowest BCUT2D eigenvalue weighted by Gasteiger charge is -2.19. The minimum absolute atomic E-state index is 0.0121. The van der Waals surface area contributed by atoms with E-state index in [0.717, 1.165) is 34.5 Å². The molecule has 0 fully saturated rings. The summed E-state index contributed by atoms with van der Waals surface area (Å²) >= 11 is 5.86. The first-order valence-corrected chi connectivity index (χ1v) is 10.6. The van der Waals surface area contributed by atoms with Crippen LogP contribution in [0.25, 0.3) is 11.1 Å². The number of alkyl carbamates (subject to hydrolysis) is 1. The van der Waals surface area contributed by atoms with Crippen LogP contribution in [0.15, 0.2) is 60.8 Å². The van der Waals surface area contributed by atoms with Gasteiger partial charge in [0.1, 0.15) is 23.7 Å². The number of pyridine rings is 1. The maximum Gasteiger partial charge on any atom is 0.407 e. The maximum atomic E-state index is 13.3. The van der Waals surface area contributed by atoms with E-state index in [-0.39, 0.29) is 36.2 Å². The predicted octanol–water partition coefficient (Wildman–Crippen LogP) is 4.20. The SMILES string of the molecule is O=C(NCCC(O)C(O)c1cc(F)cnc1Cl)OCC1c2ccccc2-c2ccccc21. The predicted molar refractivity (Wildman–Crippen MR) is 118 cm³/mol. The second kappa shape index (κ2) is 9.65. The van der Waals surface area contributed by atoms with Crippen molar-refractivity contribution < 1.29 is 24.1 Å². The van der Waals surface area contributed by atoms with Gasteiger partial charge in [0.15, 0.2) is 0 Å². The minimum atomic E-state index is -1.44. The van der Waals surface area contributed by atoms with Crippen molar-refractivity contribution in [1.29, 1.82) is 0 Å². The highest BCUT2D eigenvalue weighted by Crippen LogP contribution is 2.44. The molecule has 0 spiro atoms. The Morgan fingerprint density at radius 1 is 1.12 bits per heavy atom. The Hall–Kier alpha value is -3.00. The Labute approximate surface area is 189 Å². The molecule has 1 aliphatic rings. The van der Waals surface area contributed by atoms with Crippen LogP contribution in [0, 0.1) is 5.82 Å². The van der Waals surface area contributed by atoms with Crippen LogP contribution in [0.3, 0.4) is 0 Å². The van der Waals surface area contributed by atoms with Crippen molar-refractivity contribution in [3.05, 3.63) is 88.5 Å². The van der Waals surface area contributed by atoms with Gasteiger partial charge in [0.2, 0.25) is 0 Å². The van der Waals surface area contributed by atoms with Gasteiger partial charge in [-0.1, -0.05) is 60.1 Å². The first kappa shape index (κ1) is 22.2. The van der Waals surface area contributed by atoms with E-state index in [1.807, 2.05) is 36.4 Å². The van der Waals surface area contributed by atoms with Crippen LogP contribution >= 0.6 is 11.6 Å². The van der Waals surface area contributed by atoms with Crippen molar-refractivity contribution in [3.8, 4) is 11.1 Å². The Bertz CT molecular complexity index is 1080. The van der Waals surface area contributed by atoms with Gasteiger partial charge in [0.25, 0.3) is 0 Å². The molecule has 1 amide bonds. The van der Waals surface area contributed by atoms with Gasteiger partial charge in [-0.05, 0) is 34.7 Å². The van der Waals surface area contributed by atoms with Crippen molar-refractivity contribution in [2.24, 2.45) is 0 Å². The van der Waals surface area contributed by atoms with Crippen LogP contribution in [0.4, 0.5) is 9.18 Å². The number of fused-ring (bicyclic) bond motifs is 3. The number of nitrogens with one attached hydrogen (secondary N) is 1. The Morgan fingerprint density at radius 2 is 1.75 bits per heavy atom. The van der Waals surface area contributed by atoms with E-state index in [9.17, 15) is 19.4 Å². The maximum absolute atomic E-state index is 13.3. The average molecular weight is 457 g/mol. The quantitative estimate of drug-likeness (QED) is 0.463. The minimum Gasteiger partial charge on any atom is -0.449 e. The molecule has 1 heterocycles. The first-order chi connectivity index (χ1) is 15.5. The smallest absolute Gasteiger partial charge is 0.407 e. The number of rotatable bonds is 7. The van der Waals surface area contributed by atoms with Gasteiger partial charge in [-0.2, -0.15) is 0 Å². The second-order valence-electron chi connectivity index (χ2n) is 7.59. The number of nitrogens with zero attached hydrogens (tertiary/aromatic N) is 1. The largest absolute Gasteiger partial charge is 0.449 e. The number of hydrogen-bond donors (Lipinski definition) is 3. The standard InChI is InChI=1S/C24H22ClFN2O4/c25-23-19(11-14(26)12-28-23)22(30)21(29)9-10-27-24(31)32-13-20-17-7-3-1-5-15(17)16-6-2-4-8-18(16)20/h1-8,11-12,20-22,29-30H,9-10,13H2,(H,27,31). The molecule has 0 bridgehead atoms. The summed E-state index contributed by atoms with van der Waals surface area (Å²) in [7, 11) is 0. The zero-order chi connectivity index (χ0) is 22.7. The summed E-state index contributed by atoms with van der Waals surface area (Å²) in [4.78, 5) is 15.8. The number of halogens is 2. The van der Waals surface area contributed by atoms with Crippen molar-refractivity contribution >= 4 is 17.7 Å². The van der Waals surface area contributed by atoms with Crippen molar-refractivity contribution in [3.63, 3.8) is 0 Å². The number of aliphatic hydroxyl groups excluding tert-OH is 2. The summed E-state index contributed by atoms with van der Waals surface area (Å²) in [6, 6.07) is 17.1. The van der Waals surface area contributed by atoms with E-state index < -0.39 is 24.1 Å². The Kier molecular flexibility index (Phi) is 6.69. The van der Waals surface area contributed by atoms with Crippen LogP contribution in [-0.4, -0.2) is 40.5 Å². The summed E-state index contributed by atoms with van der Waals surface area (Å²) in [6.45, 7) is 0.227. The molecule has 8 heteroatoms. The highest BCUT2D eigenvalue weighted by molar-refractivity contribution is 6.30. The number of aliphatic hydroxyl groups is 2. The van der Waals surface area contributed by atoms with Gasteiger partial charge >= 0.3 is 6.09 Å². The molecule has 3 aromatic rings. The lowest BCUT2D eigenvalue weighted by molar-refractivity contribution is 0.0134. The number of benzene rings is 2. The number of aromatic nitrogens is 1. The van der Waals surface area contributed by atoms with Crippen LogP contribution in [-0.2, 0) is 4.74 Å². The molecule has 0 saturated heterocycles. The van der Waals surface area contributed by atoms with Gasteiger partial charge in [-0.15, -0.1) is 0 Å². The van der Waals surface area contributed by atoms with Crippen LogP contribution < -0.4 is 5.32 Å². The lowest BCUT2D eigenvalue weighted by atomic mass is 9.98. The molecule has 2 aromatic carbocycles. The third kappa shape index (κ3) is 4.60. The van der Waals surface area contributed by atoms with E-state index in [0.29, 0.717) is 0 Å². The first-order valence-electron chi connectivity index (χ1n) is 10.2. The molecule has 1 aliphatic carbocycles. The zero-order valence-electron chi connectivity index (χ0n) is 17.0. The Balaban J connectivity index is 1.29. The highest BCUT2D eigenvalue weighted by Gasteiger charge is 2.29. The average Bonchev–Trinajstić information content (AvgIpc) is 3.12.